The van der Waals surface area contributed by atoms with E-state index < -0.39 is 10.2 Å². The maximum Gasteiger partial charge on any atom is 0.281 e. The lowest BCUT2D eigenvalue weighted by atomic mass is 9.82. The van der Waals surface area contributed by atoms with Gasteiger partial charge in [-0.05, 0) is 44.2 Å². The van der Waals surface area contributed by atoms with Gasteiger partial charge in [0, 0.05) is 26.7 Å². The smallest absolute Gasteiger partial charge is 0.281 e. The predicted octanol–water partition coefficient (Wildman–Crippen LogP) is 1.67. The average molecular weight is 305 g/mol. The van der Waals surface area contributed by atoms with Gasteiger partial charge in [0.05, 0.1) is 0 Å². The summed E-state index contributed by atoms with van der Waals surface area (Å²) in [4.78, 5) is 0. The van der Waals surface area contributed by atoms with Gasteiger partial charge in [0.15, 0.2) is 0 Å². The second-order valence-electron chi connectivity index (χ2n) is 5.83. The zero-order valence-electron chi connectivity index (χ0n) is 13.5. The minimum absolute atomic E-state index is 0.192. The monoisotopic (exact) mass is 305 g/mol. The molecule has 0 amide bonds. The first-order chi connectivity index (χ1) is 9.41. The van der Waals surface area contributed by atoms with Gasteiger partial charge in [0.25, 0.3) is 10.2 Å². The van der Waals surface area contributed by atoms with Crippen LogP contribution >= 0.6 is 0 Å². The Bertz CT molecular complexity index is 380. The molecule has 1 aliphatic rings. The number of nitrogens with zero attached hydrogens (tertiary/aromatic N) is 2. The lowest BCUT2D eigenvalue weighted by Gasteiger charge is -2.28. The van der Waals surface area contributed by atoms with Gasteiger partial charge < -0.3 is 5.32 Å². The van der Waals surface area contributed by atoms with Crippen LogP contribution in [-0.4, -0.2) is 56.8 Å². The van der Waals surface area contributed by atoms with E-state index >= 15 is 0 Å². The molecule has 1 heterocycles. The summed E-state index contributed by atoms with van der Waals surface area (Å²) in [6, 6.07) is 0. The SMILES string of the molecule is CCNCCCN(C)S(=O)(=O)N1CCC(CC)(CC)C1. The molecule has 0 aromatic heterocycles. The summed E-state index contributed by atoms with van der Waals surface area (Å²) in [6.45, 7) is 10.1. The van der Waals surface area contributed by atoms with Crippen LogP contribution in [0.5, 0.6) is 0 Å². The van der Waals surface area contributed by atoms with Crippen LogP contribution in [0.2, 0.25) is 0 Å². The van der Waals surface area contributed by atoms with E-state index in [9.17, 15) is 8.42 Å². The molecule has 1 aliphatic heterocycles. The highest BCUT2D eigenvalue weighted by molar-refractivity contribution is 7.86. The molecule has 1 fully saturated rings. The molecule has 0 saturated carbocycles. The van der Waals surface area contributed by atoms with Crippen molar-refractivity contribution in [2.75, 3.05) is 39.8 Å². The normalized spacial score (nSPS) is 19.9. The zero-order valence-corrected chi connectivity index (χ0v) is 14.3. The van der Waals surface area contributed by atoms with Crippen molar-refractivity contribution in [3.05, 3.63) is 0 Å². The summed E-state index contributed by atoms with van der Waals surface area (Å²) in [5, 5.41) is 3.22. The lowest BCUT2D eigenvalue weighted by molar-refractivity contribution is 0.274. The Morgan fingerprint density at radius 1 is 1.25 bits per heavy atom. The van der Waals surface area contributed by atoms with E-state index in [0.717, 1.165) is 38.8 Å². The van der Waals surface area contributed by atoms with Crippen LogP contribution < -0.4 is 5.32 Å². The Hall–Kier alpha value is -0.170. The number of rotatable bonds is 9. The predicted molar refractivity (Wildman–Crippen MR) is 83.9 cm³/mol. The van der Waals surface area contributed by atoms with Crippen LogP contribution in [0.15, 0.2) is 0 Å². The van der Waals surface area contributed by atoms with Crippen molar-refractivity contribution in [1.82, 2.24) is 13.9 Å². The van der Waals surface area contributed by atoms with E-state index in [2.05, 4.69) is 26.1 Å². The molecule has 20 heavy (non-hydrogen) atoms. The molecular weight excluding hydrogens is 274 g/mol. The molecule has 0 aromatic carbocycles. The molecule has 0 unspecified atom stereocenters. The molecule has 0 bridgehead atoms. The maximum atomic E-state index is 12.5. The van der Waals surface area contributed by atoms with Crippen LogP contribution in [0, 0.1) is 5.41 Å². The highest BCUT2D eigenvalue weighted by Crippen LogP contribution is 2.38. The second kappa shape index (κ2) is 7.73. The third kappa shape index (κ3) is 4.16. The molecular formula is C14H31N3O2S. The fourth-order valence-electron chi connectivity index (χ4n) is 2.83. The molecule has 1 rings (SSSR count). The van der Waals surface area contributed by atoms with Crippen molar-refractivity contribution in [3.63, 3.8) is 0 Å². The van der Waals surface area contributed by atoms with E-state index in [1.165, 1.54) is 4.31 Å². The molecule has 120 valence electrons. The summed E-state index contributed by atoms with van der Waals surface area (Å²) in [6.07, 6.45) is 3.95. The fourth-order valence-corrected chi connectivity index (χ4v) is 4.35. The Kier molecular flexibility index (Phi) is 6.91. The van der Waals surface area contributed by atoms with Gasteiger partial charge in [-0.15, -0.1) is 0 Å². The van der Waals surface area contributed by atoms with Crippen LogP contribution in [0.3, 0.4) is 0 Å². The Morgan fingerprint density at radius 3 is 2.40 bits per heavy atom. The first-order valence-corrected chi connectivity index (χ1v) is 9.23. The van der Waals surface area contributed by atoms with Crippen molar-refractivity contribution in [2.45, 2.75) is 46.5 Å². The van der Waals surface area contributed by atoms with Gasteiger partial charge in [0.2, 0.25) is 0 Å². The highest BCUT2D eigenvalue weighted by atomic mass is 32.2. The van der Waals surface area contributed by atoms with Crippen LogP contribution in [0.4, 0.5) is 0 Å². The molecule has 0 aromatic rings. The van der Waals surface area contributed by atoms with Gasteiger partial charge in [-0.2, -0.15) is 17.0 Å². The van der Waals surface area contributed by atoms with Crippen molar-refractivity contribution >= 4 is 10.2 Å². The van der Waals surface area contributed by atoms with Crippen LogP contribution in [0.25, 0.3) is 0 Å². The summed E-state index contributed by atoms with van der Waals surface area (Å²) in [7, 11) is -1.58. The summed E-state index contributed by atoms with van der Waals surface area (Å²) in [5.41, 5.74) is 0.192. The maximum absolute atomic E-state index is 12.5. The minimum atomic E-state index is -3.28. The minimum Gasteiger partial charge on any atom is -0.317 e. The molecule has 5 nitrogen and oxygen atoms in total. The molecule has 0 aliphatic carbocycles. The van der Waals surface area contributed by atoms with Gasteiger partial charge >= 0.3 is 0 Å². The largest absolute Gasteiger partial charge is 0.317 e. The molecule has 6 heteroatoms. The van der Waals surface area contributed by atoms with Crippen molar-refractivity contribution in [1.29, 1.82) is 0 Å². The standard InChI is InChI=1S/C14H31N3O2S/c1-5-14(6-2)9-12-17(13-14)20(18,19)16(4)11-8-10-15-7-3/h15H,5-13H2,1-4H3. The third-order valence-corrected chi connectivity index (χ3v) is 6.63. The van der Waals surface area contributed by atoms with Gasteiger partial charge in [0.1, 0.15) is 0 Å². The van der Waals surface area contributed by atoms with E-state index in [1.54, 1.807) is 11.4 Å². The Morgan fingerprint density at radius 2 is 1.90 bits per heavy atom. The third-order valence-electron chi connectivity index (χ3n) is 4.70. The zero-order chi connectivity index (χ0) is 15.2. The van der Waals surface area contributed by atoms with E-state index in [4.69, 9.17) is 0 Å². The quantitative estimate of drug-likeness (QED) is 0.659. The second-order valence-corrected chi connectivity index (χ2v) is 7.86. The van der Waals surface area contributed by atoms with Crippen molar-refractivity contribution in [2.24, 2.45) is 5.41 Å². The Labute approximate surface area is 124 Å². The molecule has 1 N–H and O–H groups in total. The lowest BCUT2D eigenvalue weighted by Crippen LogP contribution is -2.42. The summed E-state index contributed by atoms with van der Waals surface area (Å²) < 4.78 is 28.3. The van der Waals surface area contributed by atoms with Gasteiger partial charge in [-0.3, -0.25) is 0 Å². The van der Waals surface area contributed by atoms with Crippen molar-refractivity contribution < 1.29 is 8.42 Å². The van der Waals surface area contributed by atoms with Gasteiger partial charge in [-0.25, -0.2) is 0 Å². The topological polar surface area (TPSA) is 52.7 Å². The van der Waals surface area contributed by atoms with Gasteiger partial charge in [-0.1, -0.05) is 20.8 Å². The van der Waals surface area contributed by atoms with E-state index in [-0.39, 0.29) is 5.41 Å². The molecule has 0 radical (unpaired) electrons. The fraction of sp³-hybridized carbons (Fsp3) is 1.00. The Balaban J connectivity index is 2.56. The molecule has 1 saturated heterocycles. The number of hydrogen-bond donors (Lipinski definition) is 1. The first kappa shape index (κ1) is 17.9. The van der Waals surface area contributed by atoms with Crippen LogP contribution in [-0.2, 0) is 10.2 Å². The summed E-state index contributed by atoms with van der Waals surface area (Å²) >= 11 is 0. The first-order valence-electron chi connectivity index (χ1n) is 7.84. The number of hydrogen-bond acceptors (Lipinski definition) is 3. The summed E-state index contributed by atoms with van der Waals surface area (Å²) in [5.74, 6) is 0. The van der Waals surface area contributed by atoms with Crippen LogP contribution in [0.1, 0.15) is 46.5 Å². The van der Waals surface area contributed by atoms with E-state index in [1.807, 2.05) is 0 Å². The molecule has 0 spiro atoms. The van der Waals surface area contributed by atoms with E-state index in [0.29, 0.717) is 19.6 Å². The van der Waals surface area contributed by atoms with Crippen molar-refractivity contribution in [3.8, 4) is 0 Å². The molecule has 0 atom stereocenters. The highest BCUT2D eigenvalue weighted by Gasteiger charge is 2.41. The number of nitrogens with one attached hydrogen (secondary N) is 1. The average Bonchev–Trinajstić information content (AvgIpc) is 2.89.